The van der Waals surface area contributed by atoms with Crippen LogP contribution < -0.4 is 10.0 Å². The number of hydrogen-bond donors (Lipinski definition) is 3. The average Bonchev–Trinajstić information content (AvgIpc) is 3.63. The molecule has 3 heterocycles. The van der Waals surface area contributed by atoms with Crippen molar-refractivity contribution in [3.63, 3.8) is 0 Å². The summed E-state index contributed by atoms with van der Waals surface area (Å²) < 4.78 is 38.8. The SMILES string of the molecule is CC(C)COC(=O)CNS(=O)(=O)c1ccc(-c2[nH]c3ncnc(NCC4CCCO4)c3c2-c2ccccc2)cc1. The molecule has 0 amide bonds. The molecular weight excluding hydrogens is 530 g/mol. The van der Waals surface area contributed by atoms with Crippen molar-refractivity contribution < 1.29 is 22.7 Å². The van der Waals surface area contributed by atoms with Crippen molar-refractivity contribution in [3.05, 3.63) is 60.9 Å². The van der Waals surface area contributed by atoms with Gasteiger partial charge in [0.05, 0.1) is 28.7 Å². The molecule has 40 heavy (non-hydrogen) atoms. The summed E-state index contributed by atoms with van der Waals surface area (Å²) in [4.78, 5) is 24.4. The molecule has 2 aromatic heterocycles. The topological polar surface area (TPSA) is 135 Å². The Morgan fingerprint density at radius 1 is 1.10 bits per heavy atom. The Morgan fingerprint density at radius 3 is 2.58 bits per heavy atom. The first-order chi connectivity index (χ1) is 19.3. The van der Waals surface area contributed by atoms with Gasteiger partial charge in [0.25, 0.3) is 0 Å². The lowest BCUT2D eigenvalue weighted by atomic mass is 9.99. The number of aromatic amines is 1. The van der Waals surface area contributed by atoms with Gasteiger partial charge in [0, 0.05) is 18.7 Å². The van der Waals surface area contributed by atoms with Gasteiger partial charge in [-0.2, -0.15) is 4.72 Å². The molecule has 1 unspecified atom stereocenters. The van der Waals surface area contributed by atoms with E-state index in [1.54, 1.807) is 12.1 Å². The highest BCUT2D eigenvalue weighted by molar-refractivity contribution is 7.89. The summed E-state index contributed by atoms with van der Waals surface area (Å²) in [5.41, 5.74) is 4.11. The number of sulfonamides is 1. The highest BCUT2D eigenvalue weighted by Crippen LogP contribution is 2.40. The molecule has 0 bridgehead atoms. The van der Waals surface area contributed by atoms with E-state index in [2.05, 4.69) is 25.0 Å². The summed E-state index contributed by atoms with van der Waals surface area (Å²) in [7, 11) is -3.91. The zero-order valence-corrected chi connectivity index (χ0v) is 23.3. The van der Waals surface area contributed by atoms with Gasteiger partial charge in [-0.15, -0.1) is 0 Å². The van der Waals surface area contributed by atoms with Crippen LogP contribution in [0.5, 0.6) is 0 Å². The largest absolute Gasteiger partial charge is 0.464 e. The van der Waals surface area contributed by atoms with Crippen LogP contribution in [0.4, 0.5) is 5.82 Å². The van der Waals surface area contributed by atoms with Gasteiger partial charge in [0.1, 0.15) is 24.3 Å². The van der Waals surface area contributed by atoms with Crippen molar-refractivity contribution in [2.45, 2.75) is 37.7 Å². The van der Waals surface area contributed by atoms with Crippen molar-refractivity contribution in [2.75, 3.05) is 31.6 Å². The average molecular weight is 564 g/mol. The molecule has 0 radical (unpaired) electrons. The van der Waals surface area contributed by atoms with Crippen molar-refractivity contribution in [3.8, 4) is 22.4 Å². The molecule has 0 saturated carbocycles. The van der Waals surface area contributed by atoms with Crippen LogP contribution in [-0.2, 0) is 24.3 Å². The van der Waals surface area contributed by atoms with E-state index in [1.165, 1.54) is 18.5 Å². The minimum atomic E-state index is -3.91. The van der Waals surface area contributed by atoms with Crippen LogP contribution in [0.15, 0.2) is 65.8 Å². The van der Waals surface area contributed by atoms with Crippen molar-refractivity contribution in [2.24, 2.45) is 5.92 Å². The third-order valence-electron chi connectivity index (χ3n) is 6.61. The van der Waals surface area contributed by atoms with Crippen LogP contribution in [0.1, 0.15) is 26.7 Å². The number of carbonyl (C=O) groups is 1. The van der Waals surface area contributed by atoms with Crippen molar-refractivity contribution in [1.29, 1.82) is 0 Å². The van der Waals surface area contributed by atoms with Crippen LogP contribution in [0, 0.1) is 5.92 Å². The van der Waals surface area contributed by atoms with Gasteiger partial charge in [0.15, 0.2) is 0 Å². The molecular formula is C29H33N5O5S. The molecule has 1 saturated heterocycles. The summed E-state index contributed by atoms with van der Waals surface area (Å²) in [5, 5.41) is 4.30. The Morgan fingerprint density at radius 2 is 1.88 bits per heavy atom. The molecule has 0 spiro atoms. The maximum absolute atomic E-state index is 12.8. The van der Waals surface area contributed by atoms with Gasteiger partial charge >= 0.3 is 5.97 Å². The highest BCUT2D eigenvalue weighted by Gasteiger charge is 2.22. The number of nitrogens with zero attached hydrogens (tertiary/aromatic N) is 2. The molecule has 1 fully saturated rings. The molecule has 210 valence electrons. The molecule has 3 N–H and O–H groups in total. The minimum absolute atomic E-state index is 0.0454. The third-order valence-corrected chi connectivity index (χ3v) is 8.03. The van der Waals surface area contributed by atoms with E-state index >= 15 is 0 Å². The number of hydrogen-bond acceptors (Lipinski definition) is 8. The maximum atomic E-state index is 12.8. The summed E-state index contributed by atoms with van der Waals surface area (Å²) in [5.74, 6) is 0.247. The molecule has 1 atom stereocenters. The molecule has 1 aliphatic rings. The van der Waals surface area contributed by atoms with Crippen LogP contribution in [0.3, 0.4) is 0 Å². The van der Waals surface area contributed by atoms with Gasteiger partial charge in [-0.25, -0.2) is 18.4 Å². The Hall–Kier alpha value is -3.80. The lowest BCUT2D eigenvalue weighted by Crippen LogP contribution is -2.31. The zero-order chi connectivity index (χ0) is 28.1. The Kier molecular flexibility index (Phi) is 8.43. The smallest absolute Gasteiger partial charge is 0.321 e. The van der Waals surface area contributed by atoms with E-state index in [0.29, 0.717) is 18.0 Å². The van der Waals surface area contributed by atoms with Gasteiger partial charge in [-0.1, -0.05) is 56.3 Å². The van der Waals surface area contributed by atoms with E-state index in [1.807, 2.05) is 44.2 Å². The van der Waals surface area contributed by atoms with Crippen LogP contribution in [-0.4, -0.2) is 61.7 Å². The van der Waals surface area contributed by atoms with Gasteiger partial charge < -0.3 is 19.8 Å². The second-order valence-electron chi connectivity index (χ2n) is 10.1. The van der Waals surface area contributed by atoms with Gasteiger partial charge in [-0.05, 0) is 42.0 Å². The second kappa shape index (κ2) is 12.2. The first-order valence-electron chi connectivity index (χ1n) is 13.3. The maximum Gasteiger partial charge on any atom is 0.321 e. The summed E-state index contributed by atoms with van der Waals surface area (Å²) in [6, 6.07) is 16.4. The number of esters is 1. The predicted octanol–water partition coefficient (Wildman–Crippen LogP) is 4.36. The fourth-order valence-corrected chi connectivity index (χ4v) is 5.60. The predicted molar refractivity (Wildman–Crippen MR) is 153 cm³/mol. The number of anilines is 1. The van der Waals surface area contributed by atoms with E-state index < -0.39 is 22.5 Å². The second-order valence-corrected chi connectivity index (χ2v) is 11.9. The van der Waals surface area contributed by atoms with E-state index in [4.69, 9.17) is 9.47 Å². The van der Waals surface area contributed by atoms with Gasteiger partial charge in [-0.3, -0.25) is 4.79 Å². The quantitative estimate of drug-likeness (QED) is 0.229. The van der Waals surface area contributed by atoms with Crippen LogP contribution in [0.2, 0.25) is 0 Å². The van der Waals surface area contributed by atoms with Crippen molar-refractivity contribution in [1.82, 2.24) is 19.7 Å². The summed E-state index contributed by atoms with van der Waals surface area (Å²) in [6.07, 6.45) is 3.72. The Labute approximate surface area is 233 Å². The molecule has 1 aliphatic heterocycles. The fraction of sp³-hybridized carbons (Fsp3) is 0.345. The number of H-pyrrole nitrogens is 1. The summed E-state index contributed by atoms with van der Waals surface area (Å²) >= 11 is 0. The van der Waals surface area contributed by atoms with Crippen molar-refractivity contribution >= 4 is 32.8 Å². The Balaban J connectivity index is 1.45. The van der Waals surface area contributed by atoms with E-state index in [0.717, 1.165) is 47.2 Å². The van der Waals surface area contributed by atoms with E-state index in [9.17, 15) is 13.2 Å². The lowest BCUT2D eigenvalue weighted by molar-refractivity contribution is -0.143. The number of nitrogens with one attached hydrogen (secondary N) is 3. The third kappa shape index (κ3) is 6.33. The van der Waals surface area contributed by atoms with Crippen LogP contribution in [0.25, 0.3) is 33.4 Å². The molecule has 5 rings (SSSR count). The number of carbonyl (C=O) groups excluding carboxylic acids is 1. The first-order valence-corrected chi connectivity index (χ1v) is 14.8. The van der Waals surface area contributed by atoms with E-state index in [-0.39, 0.29) is 23.5 Å². The standard InChI is InChI=1S/C29H33N5O5S/c1-19(2)17-39-24(35)16-33-40(36,37)23-12-10-21(11-13-23)27-25(20-7-4-3-5-8-20)26-28(31-18-32-29(26)34-27)30-15-22-9-6-14-38-22/h3-5,7-8,10-13,18-19,22,33H,6,9,14-17H2,1-2H3,(H2,30,31,32,34). The summed E-state index contributed by atoms with van der Waals surface area (Å²) in [6.45, 7) is 5.04. The fourth-order valence-electron chi connectivity index (χ4n) is 4.63. The minimum Gasteiger partial charge on any atom is -0.464 e. The molecule has 2 aromatic carbocycles. The number of ether oxygens (including phenoxy) is 2. The first kappa shape index (κ1) is 27.8. The zero-order valence-electron chi connectivity index (χ0n) is 22.5. The number of rotatable bonds is 11. The number of fused-ring (bicyclic) bond motifs is 1. The highest BCUT2D eigenvalue weighted by atomic mass is 32.2. The number of aromatic nitrogens is 3. The molecule has 4 aromatic rings. The lowest BCUT2D eigenvalue weighted by Gasteiger charge is -2.13. The normalized spacial score (nSPS) is 15.5. The molecule has 0 aliphatic carbocycles. The number of benzene rings is 2. The monoisotopic (exact) mass is 563 g/mol. The molecule has 10 nitrogen and oxygen atoms in total. The van der Waals surface area contributed by atoms with Crippen LogP contribution >= 0.6 is 0 Å². The van der Waals surface area contributed by atoms with Gasteiger partial charge in [0.2, 0.25) is 10.0 Å². The Bertz CT molecular complexity index is 1560. The molecule has 11 heteroatoms.